The van der Waals surface area contributed by atoms with Crippen molar-refractivity contribution in [2.45, 2.75) is 90.1 Å². The van der Waals surface area contributed by atoms with Crippen molar-refractivity contribution < 1.29 is 23.7 Å². The van der Waals surface area contributed by atoms with E-state index in [1.54, 1.807) is 4.90 Å². The fraction of sp³-hybridized carbons (Fsp3) is 0.952. The molecule has 1 heterocycles. The number of rotatable bonds is 17. The zero-order valence-electron chi connectivity index (χ0n) is 18.0. The van der Waals surface area contributed by atoms with Gasteiger partial charge in [-0.2, -0.15) is 0 Å². The maximum Gasteiger partial charge on any atom is 0.240 e. The van der Waals surface area contributed by atoms with Crippen LogP contribution in [0, 0.1) is 0 Å². The molecule has 1 rings (SSSR count). The number of hydrogen-bond acceptors (Lipinski definition) is 5. The summed E-state index contributed by atoms with van der Waals surface area (Å²) in [5, 5.41) is -0.512. The van der Waals surface area contributed by atoms with Crippen LogP contribution in [0.3, 0.4) is 0 Å². The van der Waals surface area contributed by atoms with Crippen molar-refractivity contribution in [2.75, 3.05) is 39.5 Å². The number of carbonyl (C=O) groups excluding carboxylic acids is 1. The highest BCUT2D eigenvalue weighted by atomic mass is 35.5. The summed E-state index contributed by atoms with van der Waals surface area (Å²) in [5.41, 5.74) is 0. The van der Waals surface area contributed by atoms with Crippen molar-refractivity contribution in [2.24, 2.45) is 0 Å². The molecule has 0 N–H and O–H groups in total. The first-order chi connectivity index (χ1) is 13.6. The number of ether oxygens (including phenoxy) is 4. The van der Waals surface area contributed by atoms with Crippen molar-refractivity contribution in [3.05, 3.63) is 0 Å². The lowest BCUT2D eigenvalue weighted by atomic mass is 10.2. The zero-order valence-corrected chi connectivity index (χ0v) is 18.8. The SMILES string of the molecule is CCCCOC(CCN(CC1OCCO1)C(=O)C(Cl)CCCC)OCCCC. The van der Waals surface area contributed by atoms with Gasteiger partial charge in [-0.15, -0.1) is 11.6 Å². The molecular weight excluding hydrogens is 382 g/mol. The highest BCUT2D eigenvalue weighted by Gasteiger charge is 2.28. The first-order valence-electron chi connectivity index (χ1n) is 11.0. The first kappa shape index (κ1) is 25.6. The minimum absolute atomic E-state index is 0.0601. The van der Waals surface area contributed by atoms with Gasteiger partial charge in [0.05, 0.1) is 19.8 Å². The molecule has 0 aromatic rings. The van der Waals surface area contributed by atoms with Crippen LogP contribution in [0.5, 0.6) is 0 Å². The van der Waals surface area contributed by atoms with Gasteiger partial charge < -0.3 is 23.8 Å². The van der Waals surface area contributed by atoms with Crippen LogP contribution in [0.4, 0.5) is 0 Å². The van der Waals surface area contributed by atoms with Crippen LogP contribution in [-0.4, -0.2) is 68.3 Å². The Labute approximate surface area is 176 Å². The van der Waals surface area contributed by atoms with Crippen molar-refractivity contribution in [3.8, 4) is 0 Å². The summed E-state index contributed by atoms with van der Waals surface area (Å²) in [4.78, 5) is 14.6. The molecule has 0 bridgehead atoms. The number of nitrogens with zero attached hydrogens (tertiary/aromatic N) is 1. The highest BCUT2D eigenvalue weighted by molar-refractivity contribution is 6.30. The number of amides is 1. The van der Waals surface area contributed by atoms with Crippen LogP contribution in [-0.2, 0) is 23.7 Å². The van der Waals surface area contributed by atoms with Gasteiger partial charge >= 0.3 is 0 Å². The predicted molar refractivity (Wildman–Crippen MR) is 112 cm³/mol. The number of alkyl halides is 1. The Morgan fingerprint density at radius 2 is 1.57 bits per heavy atom. The fourth-order valence-corrected chi connectivity index (χ4v) is 3.18. The van der Waals surface area contributed by atoms with E-state index in [0.29, 0.717) is 52.4 Å². The topological polar surface area (TPSA) is 57.2 Å². The third kappa shape index (κ3) is 11.0. The summed E-state index contributed by atoms with van der Waals surface area (Å²) < 4.78 is 22.9. The van der Waals surface area contributed by atoms with Gasteiger partial charge in [0.15, 0.2) is 12.6 Å². The van der Waals surface area contributed by atoms with Gasteiger partial charge in [0, 0.05) is 26.2 Å². The normalized spacial score (nSPS) is 16.0. The average molecular weight is 422 g/mol. The quantitative estimate of drug-likeness (QED) is 0.199. The molecule has 166 valence electrons. The van der Waals surface area contributed by atoms with E-state index in [1.807, 2.05) is 0 Å². The van der Waals surface area contributed by atoms with E-state index in [-0.39, 0.29) is 18.5 Å². The number of halogens is 1. The fourth-order valence-electron chi connectivity index (χ4n) is 2.88. The van der Waals surface area contributed by atoms with Gasteiger partial charge in [0.2, 0.25) is 5.91 Å². The highest BCUT2D eigenvalue weighted by Crippen LogP contribution is 2.16. The first-order valence-corrected chi connectivity index (χ1v) is 11.4. The molecule has 1 saturated heterocycles. The van der Waals surface area contributed by atoms with E-state index >= 15 is 0 Å². The Balaban J connectivity index is 2.61. The molecular formula is C21H40ClNO5. The second kappa shape index (κ2) is 16.4. The summed E-state index contributed by atoms with van der Waals surface area (Å²) in [7, 11) is 0. The Morgan fingerprint density at radius 3 is 2.11 bits per heavy atom. The molecule has 1 aliphatic rings. The zero-order chi connectivity index (χ0) is 20.6. The van der Waals surface area contributed by atoms with Crippen LogP contribution in [0.25, 0.3) is 0 Å². The molecule has 1 aliphatic heterocycles. The van der Waals surface area contributed by atoms with Gasteiger partial charge in [0.25, 0.3) is 0 Å². The summed E-state index contributed by atoms with van der Waals surface area (Å²) in [6.45, 7) is 9.74. The van der Waals surface area contributed by atoms with E-state index in [4.69, 9.17) is 30.5 Å². The number of carbonyl (C=O) groups is 1. The third-order valence-corrected chi connectivity index (χ3v) is 5.09. The largest absolute Gasteiger partial charge is 0.353 e. The van der Waals surface area contributed by atoms with Crippen molar-refractivity contribution in [1.29, 1.82) is 0 Å². The minimum atomic E-state index is -0.512. The molecule has 0 radical (unpaired) electrons. The Bertz CT molecular complexity index is 383. The molecule has 1 atom stereocenters. The second-order valence-electron chi connectivity index (χ2n) is 7.23. The summed E-state index contributed by atoms with van der Waals surface area (Å²) >= 11 is 6.38. The van der Waals surface area contributed by atoms with Crippen LogP contribution in [0.2, 0.25) is 0 Å². The van der Waals surface area contributed by atoms with E-state index in [2.05, 4.69) is 20.8 Å². The van der Waals surface area contributed by atoms with Gasteiger partial charge in [0.1, 0.15) is 5.38 Å². The molecule has 0 aromatic heterocycles. The molecule has 0 saturated carbocycles. The van der Waals surface area contributed by atoms with Crippen LogP contribution < -0.4 is 0 Å². The number of hydrogen-bond donors (Lipinski definition) is 0. The van der Waals surface area contributed by atoms with Crippen LogP contribution in [0.15, 0.2) is 0 Å². The second-order valence-corrected chi connectivity index (χ2v) is 7.76. The molecule has 7 heteroatoms. The van der Waals surface area contributed by atoms with Crippen molar-refractivity contribution in [1.82, 2.24) is 4.90 Å². The molecule has 0 aliphatic carbocycles. The lowest BCUT2D eigenvalue weighted by Gasteiger charge is -2.29. The molecule has 1 fully saturated rings. The van der Waals surface area contributed by atoms with Crippen LogP contribution >= 0.6 is 11.6 Å². The number of unbranched alkanes of at least 4 members (excludes halogenated alkanes) is 3. The summed E-state index contributed by atoms with van der Waals surface area (Å²) in [5.74, 6) is -0.0601. The van der Waals surface area contributed by atoms with E-state index in [0.717, 1.165) is 38.5 Å². The van der Waals surface area contributed by atoms with Crippen molar-refractivity contribution in [3.63, 3.8) is 0 Å². The Morgan fingerprint density at radius 1 is 1.00 bits per heavy atom. The Kier molecular flexibility index (Phi) is 15.0. The van der Waals surface area contributed by atoms with Crippen LogP contribution in [0.1, 0.15) is 72.1 Å². The molecule has 1 unspecified atom stereocenters. The maximum atomic E-state index is 12.9. The molecule has 0 aromatic carbocycles. The predicted octanol–water partition coefficient (Wildman–Crippen LogP) is 4.34. The van der Waals surface area contributed by atoms with Crippen molar-refractivity contribution >= 4 is 17.5 Å². The Hall–Kier alpha value is -0.400. The lowest BCUT2D eigenvalue weighted by molar-refractivity contribution is -0.155. The summed E-state index contributed by atoms with van der Waals surface area (Å²) in [6, 6.07) is 0. The average Bonchev–Trinajstić information content (AvgIpc) is 3.21. The van der Waals surface area contributed by atoms with E-state index < -0.39 is 5.38 Å². The monoisotopic (exact) mass is 421 g/mol. The van der Waals surface area contributed by atoms with E-state index in [1.165, 1.54) is 0 Å². The molecule has 0 spiro atoms. The van der Waals surface area contributed by atoms with Gasteiger partial charge in [-0.25, -0.2) is 0 Å². The molecule has 6 nitrogen and oxygen atoms in total. The molecule has 28 heavy (non-hydrogen) atoms. The minimum Gasteiger partial charge on any atom is -0.353 e. The smallest absolute Gasteiger partial charge is 0.240 e. The molecule has 1 amide bonds. The van der Waals surface area contributed by atoms with E-state index in [9.17, 15) is 4.79 Å². The summed E-state index contributed by atoms with van der Waals surface area (Å²) in [6.07, 6.45) is 6.73. The van der Waals surface area contributed by atoms with Gasteiger partial charge in [-0.1, -0.05) is 46.5 Å². The maximum absolute atomic E-state index is 12.9. The van der Waals surface area contributed by atoms with Gasteiger partial charge in [-0.3, -0.25) is 4.79 Å². The lowest BCUT2D eigenvalue weighted by Crippen LogP contribution is -2.43. The standard InChI is InChI=1S/C21H40ClNO5/c1-4-7-10-18(22)21(24)23(17-20-27-15-16-28-20)12-11-19(25-13-8-5-2)26-14-9-6-3/h18-20H,4-17H2,1-3H3. The van der Waals surface area contributed by atoms with Gasteiger partial charge in [-0.05, 0) is 19.3 Å². The third-order valence-electron chi connectivity index (χ3n) is 4.69.